The lowest BCUT2D eigenvalue weighted by molar-refractivity contribution is 0.418. The topological polar surface area (TPSA) is 87.4 Å². The van der Waals surface area contributed by atoms with Crippen molar-refractivity contribution in [2.45, 2.75) is 33.2 Å². The van der Waals surface area contributed by atoms with Gasteiger partial charge in [0.15, 0.2) is 23.2 Å². The van der Waals surface area contributed by atoms with Crippen LogP contribution in [-0.4, -0.2) is 34.5 Å². The predicted octanol–water partition coefficient (Wildman–Crippen LogP) is 4.64. The smallest absolute Gasteiger partial charge is 0.278 e. The van der Waals surface area contributed by atoms with Crippen molar-refractivity contribution in [1.29, 1.82) is 0 Å². The molecule has 0 bridgehead atoms. The number of hydrogen-bond donors (Lipinski definition) is 0. The third kappa shape index (κ3) is 2.80. The number of hydrogen-bond acceptors (Lipinski definition) is 6. The van der Waals surface area contributed by atoms with Crippen molar-refractivity contribution in [2.24, 2.45) is 0 Å². The maximum Gasteiger partial charge on any atom is 0.278 e. The van der Waals surface area contributed by atoms with E-state index in [1.165, 1.54) is 0 Å². The van der Waals surface area contributed by atoms with E-state index < -0.39 is 0 Å². The van der Waals surface area contributed by atoms with Crippen LogP contribution in [-0.2, 0) is 6.54 Å². The molecule has 158 valence electrons. The Kier molecular flexibility index (Phi) is 4.07. The van der Waals surface area contributed by atoms with Crippen molar-refractivity contribution in [3.8, 4) is 40.0 Å². The Labute approximate surface area is 184 Å². The highest BCUT2D eigenvalue weighted by atomic mass is 16.5. The number of rotatable bonds is 3. The minimum Gasteiger partial charge on any atom is -0.332 e. The van der Waals surface area contributed by atoms with Crippen LogP contribution in [0, 0.1) is 6.92 Å². The average Bonchev–Trinajstić information content (AvgIpc) is 3.52. The van der Waals surface area contributed by atoms with E-state index in [2.05, 4.69) is 59.6 Å². The third-order valence-electron chi connectivity index (χ3n) is 5.77. The fourth-order valence-electron chi connectivity index (χ4n) is 4.12. The Bertz CT molecular complexity index is 1440. The molecule has 1 aliphatic heterocycles. The van der Waals surface area contributed by atoms with Crippen molar-refractivity contribution < 1.29 is 4.52 Å². The Morgan fingerprint density at radius 3 is 2.59 bits per heavy atom. The van der Waals surface area contributed by atoms with E-state index >= 15 is 0 Å². The molecule has 0 saturated heterocycles. The molecule has 0 radical (unpaired) electrons. The molecule has 5 aromatic rings. The lowest BCUT2D eigenvalue weighted by Gasteiger charge is -2.09. The Morgan fingerprint density at radius 1 is 1.00 bits per heavy atom. The molecule has 0 N–H and O–H groups in total. The molecule has 6 rings (SSSR count). The van der Waals surface area contributed by atoms with E-state index in [-0.39, 0.29) is 5.92 Å². The average molecular weight is 423 g/mol. The summed E-state index contributed by atoms with van der Waals surface area (Å²) in [7, 11) is 0. The van der Waals surface area contributed by atoms with E-state index in [1.807, 2.05) is 50.5 Å². The predicted molar refractivity (Wildman–Crippen MR) is 119 cm³/mol. The molecule has 0 atom stereocenters. The molecule has 0 fully saturated rings. The number of benzene rings is 2. The normalized spacial score (nSPS) is 12.4. The molecule has 0 spiro atoms. The summed E-state index contributed by atoms with van der Waals surface area (Å²) in [4.78, 5) is 9.27. The molecule has 0 saturated carbocycles. The molecule has 0 aliphatic carbocycles. The molecule has 32 heavy (non-hydrogen) atoms. The number of fused-ring (bicyclic) bond motifs is 5. The van der Waals surface area contributed by atoms with Crippen LogP contribution in [0.3, 0.4) is 0 Å². The molecule has 4 heterocycles. The molecule has 1 aliphatic rings. The van der Waals surface area contributed by atoms with Crippen LogP contribution in [0.5, 0.6) is 0 Å². The lowest BCUT2D eigenvalue weighted by atomic mass is 10.1. The summed E-state index contributed by atoms with van der Waals surface area (Å²) < 4.78 is 9.82. The van der Waals surface area contributed by atoms with E-state index in [0.29, 0.717) is 24.0 Å². The zero-order valence-electron chi connectivity index (χ0n) is 18.0. The van der Waals surface area contributed by atoms with Crippen molar-refractivity contribution in [1.82, 2.24) is 34.5 Å². The summed E-state index contributed by atoms with van der Waals surface area (Å²) >= 11 is 0. The molecular weight excluding hydrogens is 402 g/mol. The van der Waals surface area contributed by atoms with Gasteiger partial charge in [-0.15, -0.1) is 10.2 Å². The first-order chi connectivity index (χ1) is 15.6. The van der Waals surface area contributed by atoms with Gasteiger partial charge in [-0.2, -0.15) is 4.98 Å². The van der Waals surface area contributed by atoms with Gasteiger partial charge in [-0.3, -0.25) is 4.57 Å². The molecule has 2 aromatic carbocycles. The highest BCUT2D eigenvalue weighted by Crippen LogP contribution is 2.36. The molecule has 8 nitrogen and oxygen atoms in total. The summed E-state index contributed by atoms with van der Waals surface area (Å²) in [6.07, 6.45) is 1.82. The van der Waals surface area contributed by atoms with Crippen molar-refractivity contribution >= 4 is 0 Å². The van der Waals surface area contributed by atoms with Gasteiger partial charge in [0.05, 0.1) is 17.9 Å². The fraction of sp³-hybridized carbons (Fsp3) is 0.208. The molecular formula is C24H21N7O. The van der Waals surface area contributed by atoms with E-state index in [4.69, 9.17) is 4.52 Å². The number of aromatic nitrogens is 7. The number of nitrogens with zero attached hydrogens (tertiary/aromatic N) is 7. The highest BCUT2D eigenvalue weighted by molar-refractivity contribution is 5.73. The van der Waals surface area contributed by atoms with Gasteiger partial charge in [-0.05, 0) is 19.1 Å². The second-order valence-corrected chi connectivity index (χ2v) is 8.34. The Morgan fingerprint density at radius 2 is 1.81 bits per heavy atom. The van der Waals surface area contributed by atoms with E-state index in [0.717, 1.165) is 39.7 Å². The van der Waals surface area contributed by atoms with Crippen LogP contribution in [0.25, 0.3) is 40.0 Å². The van der Waals surface area contributed by atoms with Gasteiger partial charge in [0.2, 0.25) is 0 Å². The van der Waals surface area contributed by atoms with Gasteiger partial charge >= 0.3 is 0 Å². The van der Waals surface area contributed by atoms with Gasteiger partial charge in [0.25, 0.3) is 5.89 Å². The maximum absolute atomic E-state index is 5.59. The standard InChI is InChI=1S/C24H21N7O/c1-14(2)21-26-24(32-29-21)20-19-12-30-22(16-7-5-4-6-8-16)27-28-23(30)17-11-15(3)9-10-18(17)31(19)13-25-20/h4-11,13-14H,12H2,1-3H3. The quantitative estimate of drug-likeness (QED) is 0.412. The third-order valence-corrected chi connectivity index (χ3v) is 5.77. The van der Waals surface area contributed by atoms with Gasteiger partial charge in [-0.1, -0.05) is 61.0 Å². The minimum absolute atomic E-state index is 0.173. The van der Waals surface area contributed by atoms with Crippen LogP contribution in [0.15, 0.2) is 59.4 Å². The van der Waals surface area contributed by atoms with Crippen molar-refractivity contribution in [3.05, 3.63) is 71.9 Å². The minimum atomic E-state index is 0.173. The number of aryl methyl sites for hydroxylation is 1. The largest absolute Gasteiger partial charge is 0.332 e. The fourth-order valence-corrected chi connectivity index (χ4v) is 4.12. The SMILES string of the molecule is Cc1ccc2c(c1)-c1nnc(-c3ccccc3)n1Cc1c(-c3nc(C(C)C)no3)ncn1-2. The first kappa shape index (κ1) is 18.7. The summed E-state index contributed by atoms with van der Waals surface area (Å²) in [6.45, 7) is 6.68. The first-order valence-corrected chi connectivity index (χ1v) is 10.6. The second-order valence-electron chi connectivity index (χ2n) is 8.34. The lowest BCUT2D eigenvalue weighted by Crippen LogP contribution is -2.06. The Hall–Kier alpha value is -4.07. The van der Waals surface area contributed by atoms with Crippen LogP contribution in [0.1, 0.15) is 36.8 Å². The molecule has 3 aromatic heterocycles. The van der Waals surface area contributed by atoms with Gasteiger partial charge < -0.3 is 9.09 Å². The highest BCUT2D eigenvalue weighted by Gasteiger charge is 2.28. The Balaban J connectivity index is 1.60. The van der Waals surface area contributed by atoms with E-state index in [1.54, 1.807) is 0 Å². The van der Waals surface area contributed by atoms with Crippen LogP contribution < -0.4 is 0 Å². The monoisotopic (exact) mass is 423 g/mol. The van der Waals surface area contributed by atoms with Crippen LogP contribution in [0.4, 0.5) is 0 Å². The first-order valence-electron chi connectivity index (χ1n) is 10.6. The second kappa shape index (κ2) is 6.98. The molecule has 0 amide bonds. The van der Waals surface area contributed by atoms with Gasteiger partial charge in [0, 0.05) is 17.0 Å². The maximum atomic E-state index is 5.59. The van der Waals surface area contributed by atoms with Crippen molar-refractivity contribution in [2.75, 3.05) is 0 Å². The zero-order chi connectivity index (χ0) is 21.8. The van der Waals surface area contributed by atoms with Crippen molar-refractivity contribution in [3.63, 3.8) is 0 Å². The van der Waals surface area contributed by atoms with E-state index in [9.17, 15) is 0 Å². The summed E-state index contributed by atoms with van der Waals surface area (Å²) in [5.74, 6) is 2.90. The molecule has 8 heteroatoms. The van der Waals surface area contributed by atoms with Gasteiger partial charge in [0.1, 0.15) is 6.33 Å². The summed E-state index contributed by atoms with van der Waals surface area (Å²) in [5, 5.41) is 13.3. The van der Waals surface area contributed by atoms with Crippen LogP contribution in [0.2, 0.25) is 0 Å². The zero-order valence-corrected chi connectivity index (χ0v) is 18.0. The van der Waals surface area contributed by atoms with Crippen LogP contribution >= 0.6 is 0 Å². The van der Waals surface area contributed by atoms with Gasteiger partial charge in [-0.25, -0.2) is 4.98 Å². The number of imidazole rings is 1. The summed E-state index contributed by atoms with van der Waals surface area (Å²) in [5.41, 5.74) is 5.80. The summed E-state index contributed by atoms with van der Waals surface area (Å²) in [6, 6.07) is 16.4. The molecule has 0 unspecified atom stereocenters.